The van der Waals surface area contributed by atoms with Crippen LogP contribution in [-0.4, -0.2) is 17.5 Å². The molecule has 1 aromatic carbocycles. The Labute approximate surface area is 97.3 Å². The van der Waals surface area contributed by atoms with Crippen LogP contribution in [0.3, 0.4) is 0 Å². The van der Waals surface area contributed by atoms with Crippen molar-refractivity contribution in [3.05, 3.63) is 35.4 Å². The van der Waals surface area contributed by atoms with Gasteiger partial charge in [0.05, 0.1) is 0 Å². The number of ketones is 1. The predicted octanol–water partition coefficient (Wildman–Crippen LogP) is 2.94. The Morgan fingerprint density at radius 3 is 2.56 bits per heavy atom. The molecule has 0 aliphatic heterocycles. The summed E-state index contributed by atoms with van der Waals surface area (Å²) in [5.41, 5.74) is 1.98. The minimum Gasteiger partial charge on any atom is -0.396 e. The number of aliphatic hydroxyl groups is 1. The summed E-state index contributed by atoms with van der Waals surface area (Å²) in [6.45, 7) is 6.46. The van der Waals surface area contributed by atoms with Gasteiger partial charge in [-0.05, 0) is 23.5 Å². The Hall–Kier alpha value is -1.15. The molecule has 0 atom stereocenters. The molecule has 88 valence electrons. The van der Waals surface area contributed by atoms with E-state index < -0.39 is 0 Å². The molecule has 2 heteroatoms. The standard InChI is InChI=1S/C14H20O2/c1-14(2,3)12-7-4-6-11(10-12)13(16)8-5-9-15/h4,6-7,10,15H,5,8-9H2,1-3H3. The second-order valence-electron chi connectivity index (χ2n) is 5.08. The van der Waals surface area contributed by atoms with Crippen molar-refractivity contribution in [2.45, 2.75) is 39.0 Å². The molecule has 0 bridgehead atoms. The van der Waals surface area contributed by atoms with E-state index in [9.17, 15) is 4.79 Å². The maximum atomic E-state index is 11.8. The SMILES string of the molecule is CC(C)(C)c1cccc(C(=O)CCCO)c1. The lowest BCUT2D eigenvalue weighted by atomic mass is 9.85. The lowest BCUT2D eigenvalue weighted by Gasteiger charge is -2.19. The maximum Gasteiger partial charge on any atom is 0.162 e. The highest BCUT2D eigenvalue weighted by molar-refractivity contribution is 5.96. The molecule has 0 aromatic heterocycles. The van der Waals surface area contributed by atoms with Crippen molar-refractivity contribution in [3.63, 3.8) is 0 Å². The second kappa shape index (κ2) is 5.26. The van der Waals surface area contributed by atoms with Gasteiger partial charge in [-0.2, -0.15) is 0 Å². The van der Waals surface area contributed by atoms with Gasteiger partial charge in [-0.25, -0.2) is 0 Å². The molecule has 1 rings (SSSR count). The molecule has 0 spiro atoms. The van der Waals surface area contributed by atoms with Crippen molar-refractivity contribution in [1.29, 1.82) is 0 Å². The van der Waals surface area contributed by atoms with Crippen molar-refractivity contribution in [1.82, 2.24) is 0 Å². The molecule has 0 heterocycles. The first-order chi connectivity index (χ1) is 7.45. The van der Waals surface area contributed by atoms with E-state index in [2.05, 4.69) is 20.8 Å². The fourth-order valence-electron chi connectivity index (χ4n) is 1.54. The summed E-state index contributed by atoms with van der Waals surface area (Å²) >= 11 is 0. The number of hydrogen-bond acceptors (Lipinski definition) is 2. The first-order valence-electron chi connectivity index (χ1n) is 5.70. The number of carbonyl (C=O) groups is 1. The molecule has 0 radical (unpaired) electrons. The van der Waals surface area contributed by atoms with E-state index >= 15 is 0 Å². The zero-order valence-corrected chi connectivity index (χ0v) is 10.3. The summed E-state index contributed by atoms with van der Waals surface area (Å²) in [7, 11) is 0. The molecular formula is C14H20O2. The Kier molecular flexibility index (Phi) is 4.25. The van der Waals surface area contributed by atoms with E-state index in [1.165, 1.54) is 5.56 Å². The number of Topliss-reactive ketones (excluding diaryl/α,β-unsaturated/α-hetero) is 1. The van der Waals surface area contributed by atoms with Crippen molar-refractivity contribution in [3.8, 4) is 0 Å². The Morgan fingerprint density at radius 2 is 2.00 bits per heavy atom. The average Bonchev–Trinajstić information content (AvgIpc) is 2.25. The van der Waals surface area contributed by atoms with Crippen molar-refractivity contribution < 1.29 is 9.90 Å². The largest absolute Gasteiger partial charge is 0.396 e. The first kappa shape index (κ1) is 12.9. The van der Waals surface area contributed by atoms with Gasteiger partial charge < -0.3 is 5.11 Å². The highest BCUT2D eigenvalue weighted by Gasteiger charge is 2.15. The van der Waals surface area contributed by atoms with Crippen LogP contribution in [-0.2, 0) is 5.41 Å². The minimum absolute atomic E-state index is 0.0628. The number of benzene rings is 1. The molecule has 1 aromatic rings. The van der Waals surface area contributed by atoms with E-state index in [4.69, 9.17) is 5.11 Å². The molecule has 0 aliphatic rings. The molecule has 2 nitrogen and oxygen atoms in total. The van der Waals surface area contributed by atoms with Crippen molar-refractivity contribution in [2.24, 2.45) is 0 Å². The zero-order chi connectivity index (χ0) is 12.2. The average molecular weight is 220 g/mol. The van der Waals surface area contributed by atoms with Gasteiger partial charge in [0.15, 0.2) is 5.78 Å². The first-order valence-corrected chi connectivity index (χ1v) is 5.70. The summed E-state index contributed by atoms with van der Waals surface area (Å²) < 4.78 is 0. The lowest BCUT2D eigenvalue weighted by Crippen LogP contribution is -2.12. The van der Waals surface area contributed by atoms with Crippen LogP contribution in [0, 0.1) is 0 Å². The van der Waals surface area contributed by atoms with Gasteiger partial charge in [0.1, 0.15) is 0 Å². The molecule has 0 saturated carbocycles. The second-order valence-corrected chi connectivity index (χ2v) is 5.08. The fraction of sp³-hybridized carbons (Fsp3) is 0.500. The van der Waals surface area contributed by atoms with Gasteiger partial charge in [0.25, 0.3) is 0 Å². The summed E-state index contributed by atoms with van der Waals surface area (Å²) in [5.74, 6) is 0.111. The van der Waals surface area contributed by atoms with E-state index in [-0.39, 0.29) is 17.8 Å². The molecule has 0 fully saturated rings. The van der Waals surface area contributed by atoms with Gasteiger partial charge in [0, 0.05) is 18.6 Å². The van der Waals surface area contributed by atoms with Gasteiger partial charge in [-0.15, -0.1) is 0 Å². The van der Waals surface area contributed by atoms with Gasteiger partial charge in [-0.1, -0.05) is 39.0 Å². The highest BCUT2D eigenvalue weighted by atomic mass is 16.3. The summed E-state index contributed by atoms with van der Waals surface area (Å²) in [5, 5.41) is 8.69. The van der Waals surface area contributed by atoms with Crippen molar-refractivity contribution >= 4 is 5.78 Å². The number of aliphatic hydroxyl groups excluding tert-OH is 1. The van der Waals surface area contributed by atoms with E-state index in [1.54, 1.807) is 0 Å². The molecule has 0 amide bonds. The number of rotatable bonds is 4. The quantitative estimate of drug-likeness (QED) is 0.792. The monoisotopic (exact) mass is 220 g/mol. The van der Waals surface area contributed by atoms with Crippen LogP contribution in [0.1, 0.15) is 49.5 Å². The molecule has 0 saturated heterocycles. The maximum absolute atomic E-state index is 11.8. The van der Waals surface area contributed by atoms with Gasteiger partial charge >= 0.3 is 0 Å². The Balaban J connectivity index is 2.86. The van der Waals surface area contributed by atoms with Gasteiger partial charge in [-0.3, -0.25) is 4.79 Å². The lowest BCUT2D eigenvalue weighted by molar-refractivity contribution is 0.0971. The summed E-state index contributed by atoms with van der Waals surface area (Å²) in [4.78, 5) is 11.8. The topological polar surface area (TPSA) is 37.3 Å². The summed E-state index contributed by atoms with van der Waals surface area (Å²) in [6, 6.07) is 7.77. The summed E-state index contributed by atoms with van der Waals surface area (Å²) in [6.07, 6.45) is 0.961. The fourth-order valence-corrected chi connectivity index (χ4v) is 1.54. The highest BCUT2D eigenvalue weighted by Crippen LogP contribution is 2.23. The number of hydrogen-bond donors (Lipinski definition) is 1. The van der Waals surface area contributed by atoms with E-state index in [0.29, 0.717) is 12.8 Å². The molecule has 16 heavy (non-hydrogen) atoms. The van der Waals surface area contributed by atoms with E-state index in [1.807, 2.05) is 24.3 Å². The normalized spacial score (nSPS) is 11.5. The molecule has 0 aliphatic carbocycles. The molecule has 0 unspecified atom stereocenters. The third-order valence-electron chi connectivity index (χ3n) is 2.61. The molecular weight excluding hydrogens is 200 g/mol. The number of carbonyl (C=O) groups excluding carboxylic acids is 1. The minimum atomic E-state index is 0.0628. The van der Waals surface area contributed by atoms with Crippen LogP contribution in [0.4, 0.5) is 0 Å². The van der Waals surface area contributed by atoms with Crippen LogP contribution in [0.5, 0.6) is 0 Å². The van der Waals surface area contributed by atoms with Crippen LogP contribution < -0.4 is 0 Å². The van der Waals surface area contributed by atoms with E-state index in [0.717, 1.165) is 5.56 Å². The Morgan fingerprint density at radius 1 is 1.31 bits per heavy atom. The van der Waals surface area contributed by atoms with Crippen LogP contribution in [0.25, 0.3) is 0 Å². The third-order valence-corrected chi connectivity index (χ3v) is 2.61. The smallest absolute Gasteiger partial charge is 0.162 e. The third kappa shape index (κ3) is 3.46. The van der Waals surface area contributed by atoms with Crippen LogP contribution >= 0.6 is 0 Å². The van der Waals surface area contributed by atoms with Crippen LogP contribution in [0.15, 0.2) is 24.3 Å². The zero-order valence-electron chi connectivity index (χ0n) is 10.3. The predicted molar refractivity (Wildman–Crippen MR) is 65.8 cm³/mol. The Bertz CT molecular complexity index is 361. The van der Waals surface area contributed by atoms with Crippen molar-refractivity contribution in [2.75, 3.05) is 6.61 Å². The molecule has 1 N–H and O–H groups in total. The van der Waals surface area contributed by atoms with Crippen LogP contribution in [0.2, 0.25) is 0 Å². The van der Waals surface area contributed by atoms with Gasteiger partial charge in [0.2, 0.25) is 0 Å².